The van der Waals surface area contributed by atoms with E-state index in [0.717, 1.165) is 111 Å². The van der Waals surface area contributed by atoms with E-state index in [1.54, 1.807) is 30.3 Å². The van der Waals surface area contributed by atoms with Crippen molar-refractivity contribution in [1.29, 1.82) is 0 Å². The number of imide groups is 2. The minimum Gasteiger partial charge on any atom is -0.493 e. The lowest BCUT2D eigenvalue weighted by Gasteiger charge is -2.32. The quantitative estimate of drug-likeness (QED) is 0.0313. The summed E-state index contributed by atoms with van der Waals surface area (Å²) in [6.45, 7) is 24.1. The topological polar surface area (TPSA) is 252 Å². The number of hydrogen-bond donors (Lipinski definition) is 3. The fourth-order valence-corrected chi connectivity index (χ4v) is 13.5. The van der Waals surface area contributed by atoms with E-state index >= 15 is 0 Å². The third-order valence-corrected chi connectivity index (χ3v) is 18.3. The standard InChI is InChI=1S/C39H47ClFN5O3.C16H16N2O5.C16H16N2O4.2C2H6/c1-25-34(26(2)44(7)42-25)35-32(40)16-15-31-30(11-9-23-48-33-12-8-10-27-24-28(41)13-14-29(27)33)37(38(47)49-39(3,4)5)46(36(31)35)22-21-45-19-17-43(6)18-20-45;19-13-6-5-12(15(22)17-13)18-8-11-9(4-7-14(20)21)2-1-3-10(11)16(18)23;19-8-2-4-10-3-1-5-11-12(10)9-18(16(11)22)13-6-7-14(20)17-15(13)21;2*1-2/h8,10,12-16,24H,9,11,17-23H2,1-7H3;1-3,12H,4-8H2,(H,20,21)(H,17,19,22);1,3,5,8,13H,2,4,6-7,9H2,(H,17,20,21);2*1-2H3. The van der Waals surface area contributed by atoms with Gasteiger partial charge in [-0.15, -0.1) is 0 Å². The molecule has 5 aromatic carbocycles. The normalized spacial score (nSPS) is 16.9. The minimum absolute atomic E-state index is 0.0109. The number of aldehydes is 1. The Bertz CT molecular complexity index is 4150. The van der Waals surface area contributed by atoms with Gasteiger partial charge in [0.1, 0.15) is 41.2 Å². The number of nitrogens with zero attached hydrogens (tertiary/aromatic N) is 7. The molecule has 0 radical (unpaired) electrons. The number of ether oxygens (including phenoxy) is 2. The van der Waals surface area contributed by atoms with Crippen molar-refractivity contribution < 1.29 is 62.1 Å². The van der Waals surface area contributed by atoms with E-state index in [0.29, 0.717) is 92.2 Å². The number of carbonyl (C=O) groups excluding carboxylic acids is 8. The lowest BCUT2D eigenvalue weighted by atomic mass is 9.98. The van der Waals surface area contributed by atoms with Crippen molar-refractivity contribution in [3.63, 3.8) is 0 Å². The monoisotopic (exact) mass is 1360 g/mol. The number of fused-ring (bicyclic) bond motifs is 4. The van der Waals surface area contributed by atoms with Crippen molar-refractivity contribution >= 4 is 86.9 Å². The van der Waals surface area contributed by atoms with Crippen LogP contribution in [0.25, 0.3) is 32.8 Å². The van der Waals surface area contributed by atoms with E-state index < -0.39 is 35.5 Å². The number of piperidine rings is 2. The third-order valence-electron chi connectivity index (χ3n) is 18.0. The van der Waals surface area contributed by atoms with Crippen LogP contribution in [-0.4, -0.2) is 157 Å². The summed E-state index contributed by atoms with van der Waals surface area (Å²) in [5, 5.41) is 21.3. The number of nitrogens with one attached hydrogen (secondary N) is 2. The number of halogens is 2. The van der Waals surface area contributed by atoms with Gasteiger partial charge in [-0.1, -0.05) is 81.8 Å². The highest BCUT2D eigenvalue weighted by molar-refractivity contribution is 6.35. The smallest absolute Gasteiger partial charge is 0.355 e. The van der Waals surface area contributed by atoms with E-state index in [2.05, 4.69) is 39.0 Å². The van der Waals surface area contributed by atoms with E-state index in [9.17, 15) is 47.5 Å². The van der Waals surface area contributed by atoms with Crippen LogP contribution in [0.3, 0.4) is 0 Å². The largest absolute Gasteiger partial charge is 0.493 e. The number of carboxylic acids is 1. The third kappa shape index (κ3) is 17.2. The van der Waals surface area contributed by atoms with Gasteiger partial charge in [-0.05, 0) is 156 Å². The molecule has 21 nitrogen and oxygen atoms in total. The lowest BCUT2D eigenvalue weighted by molar-refractivity contribution is -0.138. The zero-order valence-electron chi connectivity index (χ0n) is 58.1. The van der Waals surface area contributed by atoms with Crippen molar-refractivity contribution in [3.8, 4) is 16.9 Å². The summed E-state index contributed by atoms with van der Waals surface area (Å²) >= 11 is 7.10. The molecule has 0 aliphatic carbocycles. The van der Waals surface area contributed by atoms with Crippen LogP contribution >= 0.6 is 11.6 Å². The Labute approximate surface area is 576 Å². The summed E-state index contributed by atoms with van der Waals surface area (Å²) in [7, 11) is 4.09. The highest BCUT2D eigenvalue weighted by Gasteiger charge is 2.42. The predicted molar refractivity (Wildman–Crippen MR) is 373 cm³/mol. The van der Waals surface area contributed by atoms with E-state index in [1.165, 1.54) is 21.9 Å². The maximum Gasteiger partial charge on any atom is 0.355 e. The molecular weight excluding hydrogens is 1270 g/mol. The molecule has 0 saturated carbocycles. The van der Waals surface area contributed by atoms with Crippen LogP contribution in [0.2, 0.25) is 5.02 Å². The van der Waals surface area contributed by atoms with Crippen molar-refractivity contribution in [1.82, 2.24) is 44.6 Å². The maximum absolute atomic E-state index is 14.3. The Hall–Kier alpha value is -9.12. The summed E-state index contributed by atoms with van der Waals surface area (Å²) < 4.78 is 30.3. The van der Waals surface area contributed by atoms with Gasteiger partial charge in [-0.2, -0.15) is 5.10 Å². The van der Waals surface area contributed by atoms with Crippen LogP contribution in [0.4, 0.5) is 4.39 Å². The van der Waals surface area contributed by atoms with Gasteiger partial charge in [0.25, 0.3) is 11.8 Å². The molecule has 7 aromatic rings. The van der Waals surface area contributed by atoms with Gasteiger partial charge in [-0.25, -0.2) is 9.18 Å². The number of aromatic nitrogens is 3. The molecule has 2 aromatic heterocycles. The number of rotatable bonds is 18. The molecule has 6 amide bonds. The van der Waals surface area contributed by atoms with Crippen LogP contribution in [-0.2, 0) is 79.4 Å². The molecule has 23 heteroatoms. The average molecular weight is 1370 g/mol. The summed E-state index contributed by atoms with van der Waals surface area (Å²) in [5.74, 6) is -2.72. The molecule has 98 heavy (non-hydrogen) atoms. The highest BCUT2D eigenvalue weighted by Crippen LogP contribution is 2.43. The summed E-state index contributed by atoms with van der Waals surface area (Å²) in [6.07, 6.45) is 4.53. The molecule has 0 bridgehead atoms. The van der Waals surface area contributed by atoms with Crippen molar-refractivity contribution in [2.45, 2.75) is 164 Å². The zero-order chi connectivity index (χ0) is 71.3. The van der Waals surface area contributed by atoms with Crippen molar-refractivity contribution in [3.05, 3.63) is 152 Å². The molecule has 522 valence electrons. The molecule has 7 heterocycles. The summed E-state index contributed by atoms with van der Waals surface area (Å²) in [6, 6.07) is 23.8. The van der Waals surface area contributed by atoms with Crippen LogP contribution in [0.5, 0.6) is 5.75 Å². The Balaban J connectivity index is 0.000000207. The predicted octanol–water partition coefficient (Wildman–Crippen LogP) is 10.9. The number of benzene rings is 5. The molecule has 3 fully saturated rings. The van der Waals surface area contributed by atoms with Gasteiger partial charge < -0.3 is 38.6 Å². The first-order valence-electron chi connectivity index (χ1n) is 33.9. The van der Waals surface area contributed by atoms with Crippen LogP contribution in [0, 0.1) is 19.7 Å². The number of aryl methyl sites for hydroxylation is 5. The molecular formula is C75H91ClFN9O12. The summed E-state index contributed by atoms with van der Waals surface area (Å²) in [5.41, 5.74) is 10.0. The molecule has 5 aliphatic heterocycles. The molecule has 5 aliphatic rings. The van der Waals surface area contributed by atoms with Crippen molar-refractivity contribution in [2.24, 2.45) is 7.05 Å². The SMILES string of the molecule is CC.CC.Cc1nn(C)c(C)c1-c1c(Cl)ccc2c(CCCOc3cccc4cc(F)ccc34)c(C(=O)OC(C)(C)C)n(CCN3CCN(C)CC3)c12.O=C(O)CCc1cccc2c1CN(C1CCC(=O)NC1=O)C2=O.O=CCCc1cccc2c1CN(C1CCC(=O)NC1=O)C2=O. The first kappa shape index (κ1) is 74.7. The number of carboxylic acid groups (broad SMARTS) is 1. The fourth-order valence-electron chi connectivity index (χ4n) is 13.2. The fraction of sp³-hybridized carbons (Fsp3) is 0.440. The van der Waals surface area contributed by atoms with Crippen LogP contribution < -0.4 is 15.4 Å². The van der Waals surface area contributed by atoms with Crippen LogP contribution in [0.15, 0.2) is 84.9 Å². The second kappa shape index (κ2) is 33.4. The highest BCUT2D eigenvalue weighted by atomic mass is 35.5. The average Bonchev–Trinajstić information content (AvgIpc) is 1.58. The number of piperazine rings is 1. The Morgan fingerprint density at radius 1 is 0.724 bits per heavy atom. The number of likely N-dealkylation sites (N-methyl/N-ethyl adjacent to an activating group) is 1. The molecule has 0 spiro atoms. The van der Waals surface area contributed by atoms with Gasteiger partial charge in [-0.3, -0.25) is 53.8 Å². The molecule has 3 N–H and O–H groups in total. The first-order chi connectivity index (χ1) is 46.9. The van der Waals surface area contributed by atoms with Gasteiger partial charge in [0.15, 0.2) is 0 Å². The van der Waals surface area contributed by atoms with E-state index in [4.69, 9.17) is 31.3 Å². The maximum atomic E-state index is 14.3. The Kier molecular flexibility index (Phi) is 25.5. The molecule has 3 saturated heterocycles. The Morgan fingerprint density at radius 3 is 1.84 bits per heavy atom. The second-order valence-electron chi connectivity index (χ2n) is 25.5. The van der Waals surface area contributed by atoms with Gasteiger partial charge >= 0.3 is 11.9 Å². The van der Waals surface area contributed by atoms with Gasteiger partial charge in [0.05, 0.1) is 22.8 Å². The van der Waals surface area contributed by atoms with E-state index in [-0.39, 0.29) is 61.2 Å². The number of hydrogen-bond acceptors (Lipinski definition) is 14. The van der Waals surface area contributed by atoms with E-state index in [1.807, 2.05) is 110 Å². The minimum atomic E-state index is -0.894. The summed E-state index contributed by atoms with van der Waals surface area (Å²) in [4.78, 5) is 115. The van der Waals surface area contributed by atoms with Gasteiger partial charge in [0, 0.05) is 124 Å². The second-order valence-corrected chi connectivity index (χ2v) is 25.9. The van der Waals surface area contributed by atoms with Gasteiger partial charge in [0.2, 0.25) is 23.6 Å². The first-order valence-corrected chi connectivity index (χ1v) is 34.2. The molecule has 2 unspecified atom stereocenters. The number of esters is 1. The van der Waals surface area contributed by atoms with Crippen molar-refractivity contribution in [2.75, 3.05) is 46.4 Å². The number of carbonyl (C=O) groups is 9. The molecule has 12 rings (SSSR count). The van der Waals surface area contributed by atoms with Crippen LogP contribution in [0.1, 0.15) is 164 Å². The number of aliphatic carboxylic acids is 1. The number of amides is 6. The lowest BCUT2D eigenvalue weighted by Crippen LogP contribution is -2.52. The molecule has 2 atom stereocenters. The zero-order valence-corrected chi connectivity index (χ0v) is 58.8. The Morgan fingerprint density at radius 2 is 1.30 bits per heavy atom.